The zero-order valence-electron chi connectivity index (χ0n) is 6.97. The van der Waals surface area contributed by atoms with E-state index in [4.69, 9.17) is 21.8 Å². The average Bonchev–Trinajstić information content (AvgIpc) is 2.19. The van der Waals surface area contributed by atoms with E-state index in [1.165, 1.54) is 0 Å². The van der Waals surface area contributed by atoms with Crippen molar-refractivity contribution in [2.45, 2.75) is 6.10 Å². The van der Waals surface area contributed by atoms with Crippen molar-refractivity contribution in [3.63, 3.8) is 0 Å². The minimum atomic E-state index is -2.29. The van der Waals surface area contributed by atoms with Gasteiger partial charge in [0.25, 0.3) is 0 Å². The van der Waals surface area contributed by atoms with Crippen molar-refractivity contribution in [1.82, 2.24) is 0 Å². The van der Waals surface area contributed by atoms with Crippen LogP contribution in [0.1, 0.15) is 11.7 Å². The minimum Gasteiger partial charge on any atom is -0.479 e. The Hall–Kier alpha value is -1.27. The van der Waals surface area contributed by atoms with Gasteiger partial charge in [-0.3, -0.25) is 0 Å². The normalized spacial score (nSPS) is 12.6. The highest BCUT2D eigenvalue weighted by Crippen LogP contribution is 2.28. The molecule has 0 aliphatic carbocycles. The number of carbonyl (C=O) groups is 1. The number of hydrogen-bond acceptors (Lipinski definition) is 2. The summed E-state index contributed by atoms with van der Waals surface area (Å²) in [5, 5.41) is 16.1. The highest BCUT2D eigenvalue weighted by atomic mass is 35.5. The highest BCUT2D eigenvalue weighted by molar-refractivity contribution is 6.31. The van der Waals surface area contributed by atoms with E-state index in [-0.39, 0.29) is 6.07 Å². The Morgan fingerprint density at radius 1 is 1.33 bits per heavy atom. The number of benzene rings is 1. The van der Waals surface area contributed by atoms with Gasteiger partial charge in [-0.25, -0.2) is 18.0 Å². The first-order chi connectivity index (χ1) is 6.86. The average molecular weight is 241 g/mol. The molecule has 1 atom stereocenters. The van der Waals surface area contributed by atoms with Crippen molar-refractivity contribution < 1.29 is 28.2 Å². The third-order valence-electron chi connectivity index (χ3n) is 1.66. The number of halogens is 4. The van der Waals surface area contributed by atoms with Crippen LogP contribution in [0.5, 0.6) is 0 Å². The molecule has 0 saturated heterocycles. The lowest BCUT2D eigenvalue weighted by molar-refractivity contribution is -0.147. The smallest absolute Gasteiger partial charge is 0.337 e. The molecule has 7 heteroatoms. The molecule has 1 aromatic carbocycles. The van der Waals surface area contributed by atoms with E-state index in [1.54, 1.807) is 0 Å². The summed E-state index contributed by atoms with van der Waals surface area (Å²) in [6.45, 7) is 0. The number of carboxylic acid groups (broad SMARTS) is 1. The predicted molar refractivity (Wildman–Crippen MR) is 43.9 cm³/mol. The first-order valence-corrected chi connectivity index (χ1v) is 3.97. The third-order valence-corrected chi connectivity index (χ3v) is 1.99. The van der Waals surface area contributed by atoms with Crippen LogP contribution in [-0.2, 0) is 4.79 Å². The number of hydrogen-bond donors (Lipinski definition) is 2. The van der Waals surface area contributed by atoms with Gasteiger partial charge >= 0.3 is 5.97 Å². The van der Waals surface area contributed by atoms with Crippen molar-refractivity contribution in [3.8, 4) is 0 Å². The lowest BCUT2D eigenvalue weighted by Crippen LogP contribution is -2.13. The maximum atomic E-state index is 13.1. The number of aliphatic hydroxyl groups excluding tert-OH is 1. The Bertz CT molecular complexity index is 422. The van der Waals surface area contributed by atoms with Gasteiger partial charge in [0.05, 0.1) is 0 Å². The Balaban J connectivity index is 3.38. The summed E-state index contributed by atoms with van der Waals surface area (Å²) in [5.74, 6) is -6.45. The van der Waals surface area contributed by atoms with Crippen LogP contribution < -0.4 is 0 Å². The van der Waals surface area contributed by atoms with E-state index in [2.05, 4.69) is 0 Å². The molecule has 82 valence electrons. The van der Waals surface area contributed by atoms with Gasteiger partial charge in [-0.05, 0) is 6.07 Å². The summed E-state index contributed by atoms with van der Waals surface area (Å²) >= 11 is 5.04. The largest absolute Gasteiger partial charge is 0.479 e. The van der Waals surface area contributed by atoms with E-state index in [9.17, 15) is 18.0 Å². The molecule has 1 unspecified atom stereocenters. The molecule has 0 heterocycles. The zero-order valence-corrected chi connectivity index (χ0v) is 7.73. The summed E-state index contributed by atoms with van der Waals surface area (Å²) < 4.78 is 38.5. The first kappa shape index (κ1) is 11.8. The molecule has 0 amide bonds. The minimum absolute atomic E-state index is 0.245. The van der Waals surface area contributed by atoms with Gasteiger partial charge in [0, 0.05) is 5.56 Å². The van der Waals surface area contributed by atoms with Crippen LogP contribution in [-0.4, -0.2) is 16.2 Å². The molecular formula is C8H4ClF3O3. The second kappa shape index (κ2) is 4.08. The van der Waals surface area contributed by atoms with E-state index in [1.807, 2.05) is 0 Å². The first-order valence-electron chi connectivity index (χ1n) is 3.60. The second-order valence-corrected chi connectivity index (χ2v) is 3.01. The number of aliphatic hydroxyl groups is 1. The molecule has 0 fully saturated rings. The fourth-order valence-corrected chi connectivity index (χ4v) is 1.12. The van der Waals surface area contributed by atoms with Crippen LogP contribution in [0.25, 0.3) is 0 Å². The molecule has 1 rings (SSSR count). The standard InChI is InChI=1S/C8H4ClF3O3/c9-4-5(11)2(7(13)8(14)15)1-3(10)6(4)12/h1,7,13H,(H,14,15). The SMILES string of the molecule is O=C(O)C(O)c1cc(F)c(F)c(Cl)c1F. The second-order valence-electron chi connectivity index (χ2n) is 2.63. The Morgan fingerprint density at radius 2 is 1.87 bits per heavy atom. The Kier molecular flexibility index (Phi) is 3.21. The lowest BCUT2D eigenvalue weighted by atomic mass is 10.1. The molecule has 15 heavy (non-hydrogen) atoms. The van der Waals surface area contributed by atoms with Gasteiger partial charge < -0.3 is 10.2 Å². The molecule has 0 saturated carbocycles. The summed E-state index contributed by atoms with van der Waals surface area (Å²) in [6.07, 6.45) is -2.29. The Labute approximate surface area is 86.7 Å². The number of rotatable bonds is 2. The van der Waals surface area contributed by atoms with Crippen molar-refractivity contribution in [1.29, 1.82) is 0 Å². The molecule has 0 spiro atoms. The summed E-state index contributed by atoms with van der Waals surface area (Å²) in [4.78, 5) is 10.3. The van der Waals surface area contributed by atoms with Crippen LogP contribution in [0.4, 0.5) is 13.2 Å². The van der Waals surface area contributed by atoms with Crippen LogP contribution in [0, 0.1) is 17.5 Å². The van der Waals surface area contributed by atoms with Gasteiger partial charge in [0.2, 0.25) is 0 Å². The molecule has 0 aliphatic heterocycles. The molecule has 0 aromatic heterocycles. The Morgan fingerprint density at radius 3 is 2.33 bits per heavy atom. The van der Waals surface area contributed by atoms with Gasteiger partial charge in [-0.1, -0.05) is 11.6 Å². The van der Waals surface area contributed by atoms with E-state index < -0.39 is 40.1 Å². The predicted octanol–water partition coefficient (Wildman–Crippen LogP) is 1.88. The summed E-state index contributed by atoms with van der Waals surface area (Å²) in [5.41, 5.74) is -0.925. The highest BCUT2D eigenvalue weighted by Gasteiger charge is 2.25. The van der Waals surface area contributed by atoms with Crippen LogP contribution in [0.2, 0.25) is 5.02 Å². The molecular weight excluding hydrogens is 237 g/mol. The molecule has 2 N–H and O–H groups in total. The van der Waals surface area contributed by atoms with Crippen molar-refractivity contribution >= 4 is 17.6 Å². The topological polar surface area (TPSA) is 57.5 Å². The van der Waals surface area contributed by atoms with E-state index in [0.717, 1.165) is 0 Å². The van der Waals surface area contributed by atoms with Gasteiger partial charge in [0.1, 0.15) is 5.02 Å². The number of aliphatic carboxylic acids is 1. The molecule has 1 aromatic rings. The van der Waals surface area contributed by atoms with Crippen molar-refractivity contribution in [3.05, 3.63) is 34.1 Å². The van der Waals surface area contributed by atoms with Crippen LogP contribution in [0.3, 0.4) is 0 Å². The number of carboxylic acids is 1. The molecule has 0 aliphatic rings. The maximum Gasteiger partial charge on any atom is 0.337 e. The molecule has 0 radical (unpaired) electrons. The maximum absolute atomic E-state index is 13.1. The fraction of sp³-hybridized carbons (Fsp3) is 0.125. The molecule has 0 bridgehead atoms. The monoisotopic (exact) mass is 240 g/mol. The molecule has 3 nitrogen and oxygen atoms in total. The van der Waals surface area contributed by atoms with Gasteiger partial charge in [0.15, 0.2) is 23.6 Å². The zero-order chi connectivity index (χ0) is 11.7. The van der Waals surface area contributed by atoms with Gasteiger partial charge in [-0.15, -0.1) is 0 Å². The van der Waals surface area contributed by atoms with Crippen molar-refractivity contribution in [2.24, 2.45) is 0 Å². The van der Waals surface area contributed by atoms with E-state index >= 15 is 0 Å². The lowest BCUT2D eigenvalue weighted by Gasteiger charge is -2.09. The summed E-state index contributed by atoms with van der Waals surface area (Å²) in [7, 11) is 0. The third kappa shape index (κ3) is 2.05. The van der Waals surface area contributed by atoms with Gasteiger partial charge in [-0.2, -0.15) is 0 Å². The van der Waals surface area contributed by atoms with Crippen molar-refractivity contribution in [2.75, 3.05) is 0 Å². The van der Waals surface area contributed by atoms with Crippen LogP contribution >= 0.6 is 11.6 Å². The quantitative estimate of drug-likeness (QED) is 0.613. The fourth-order valence-electron chi connectivity index (χ4n) is 0.923. The summed E-state index contributed by atoms with van der Waals surface area (Å²) in [6, 6.07) is 0.245. The van der Waals surface area contributed by atoms with Crippen LogP contribution in [0.15, 0.2) is 6.07 Å². The van der Waals surface area contributed by atoms with E-state index in [0.29, 0.717) is 0 Å².